The summed E-state index contributed by atoms with van der Waals surface area (Å²) in [6.07, 6.45) is 1.17. The van der Waals surface area contributed by atoms with E-state index in [1.54, 1.807) is 18.4 Å². The van der Waals surface area contributed by atoms with E-state index in [4.69, 9.17) is 4.74 Å². The zero-order valence-electron chi connectivity index (χ0n) is 9.51. The number of hydrogen-bond donors (Lipinski definition) is 2. The lowest BCUT2D eigenvalue weighted by Gasteiger charge is -2.05. The lowest BCUT2D eigenvalue weighted by atomic mass is 10.4. The number of ether oxygens (including phenoxy) is 1. The Morgan fingerprint density at radius 2 is 2.13 bits per heavy atom. The predicted octanol–water partition coefficient (Wildman–Crippen LogP) is 1.85. The first-order valence-electron chi connectivity index (χ1n) is 5.40. The summed E-state index contributed by atoms with van der Waals surface area (Å²) in [6, 6.07) is 2.01. The van der Waals surface area contributed by atoms with Gasteiger partial charge in [-0.2, -0.15) is 0 Å². The van der Waals surface area contributed by atoms with E-state index in [9.17, 15) is 0 Å². The van der Waals surface area contributed by atoms with E-state index < -0.39 is 0 Å². The quantitative estimate of drug-likeness (QED) is 0.666. The van der Waals surface area contributed by atoms with Crippen molar-refractivity contribution in [3.8, 4) is 5.75 Å². The second kappa shape index (κ2) is 7.68. The Labute approximate surface area is 95.8 Å². The standard InChI is InChI=1S/C11H20N2OS/c1-3-12-6-4-7-13-9-11-10(14-2)5-8-15-11/h5,8,12-13H,3-4,6-7,9H2,1-2H3. The lowest BCUT2D eigenvalue weighted by Crippen LogP contribution is -2.21. The fraction of sp³-hybridized carbons (Fsp3) is 0.636. The van der Waals surface area contributed by atoms with Crippen LogP contribution in [0.4, 0.5) is 0 Å². The molecule has 0 spiro atoms. The molecule has 0 saturated carbocycles. The third kappa shape index (κ3) is 4.64. The molecule has 1 heterocycles. The molecule has 0 radical (unpaired) electrons. The molecule has 0 aliphatic heterocycles. The van der Waals surface area contributed by atoms with Crippen LogP contribution in [0.5, 0.6) is 5.75 Å². The second-order valence-corrected chi connectivity index (χ2v) is 4.30. The van der Waals surface area contributed by atoms with Crippen LogP contribution >= 0.6 is 11.3 Å². The molecule has 0 bridgehead atoms. The summed E-state index contributed by atoms with van der Waals surface area (Å²) in [5.74, 6) is 0.999. The zero-order valence-corrected chi connectivity index (χ0v) is 10.3. The van der Waals surface area contributed by atoms with Crippen molar-refractivity contribution in [2.24, 2.45) is 0 Å². The minimum absolute atomic E-state index is 0.910. The van der Waals surface area contributed by atoms with Crippen LogP contribution < -0.4 is 15.4 Å². The van der Waals surface area contributed by atoms with E-state index in [0.717, 1.165) is 31.9 Å². The average molecular weight is 228 g/mol. The highest BCUT2D eigenvalue weighted by Crippen LogP contribution is 2.23. The van der Waals surface area contributed by atoms with Gasteiger partial charge in [-0.15, -0.1) is 11.3 Å². The number of nitrogens with one attached hydrogen (secondary N) is 2. The van der Waals surface area contributed by atoms with E-state index >= 15 is 0 Å². The fourth-order valence-electron chi connectivity index (χ4n) is 1.36. The lowest BCUT2D eigenvalue weighted by molar-refractivity contribution is 0.410. The van der Waals surface area contributed by atoms with Crippen molar-refractivity contribution in [2.45, 2.75) is 19.9 Å². The highest BCUT2D eigenvalue weighted by Gasteiger charge is 2.02. The molecule has 1 rings (SSSR count). The number of hydrogen-bond acceptors (Lipinski definition) is 4. The van der Waals surface area contributed by atoms with Crippen molar-refractivity contribution >= 4 is 11.3 Å². The summed E-state index contributed by atoms with van der Waals surface area (Å²) in [6.45, 7) is 6.23. The van der Waals surface area contributed by atoms with Crippen molar-refractivity contribution in [1.29, 1.82) is 0 Å². The molecule has 0 aliphatic rings. The van der Waals surface area contributed by atoms with Gasteiger partial charge in [0.1, 0.15) is 5.75 Å². The Hall–Kier alpha value is -0.580. The molecule has 0 saturated heterocycles. The molecule has 4 heteroatoms. The number of methoxy groups -OCH3 is 1. The van der Waals surface area contributed by atoms with Crippen molar-refractivity contribution < 1.29 is 4.74 Å². The molecule has 1 aromatic rings. The first-order valence-corrected chi connectivity index (χ1v) is 6.28. The fourth-order valence-corrected chi connectivity index (χ4v) is 2.17. The molecule has 0 unspecified atom stereocenters. The van der Waals surface area contributed by atoms with Gasteiger partial charge in [0.05, 0.1) is 12.0 Å². The number of rotatable bonds is 8. The summed E-state index contributed by atoms with van der Waals surface area (Å²) in [5, 5.41) is 8.78. The van der Waals surface area contributed by atoms with Crippen molar-refractivity contribution in [2.75, 3.05) is 26.7 Å². The number of thiophene rings is 1. The molecular weight excluding hydrogens is 208 g/mol. The predicted molar refractivity (Wildman–Crippen MR) is 65.7 cm³/mol. The van der Waals surface area contributed by atoms with E-state index in [-0.39, 0.29) is 0 Å². The topological polar surface area (TPSA) is 33.3 Å². The normalized spacial score (nSPS) is 10.5. The first kappa shape index (κ1) is 12.5. The molecule has 0 amide bonds. The molecule has 0 atom stereocenters. The molecule has 2 N–H and O–H groups in total. The van der Waals surface area contributed by atoms with Crippen molar-refractivity contribution in [1.82, 2.24) is 10.6 Å². The molecular formula is C11H20N2OS. The van der Waals surface area contributed by atoms with E-state index in [0.29, 0.717) is 0 Å². The van der Waals surface area contributed by atoms with Gasteiger partial charge in [0.2, 0.25) is 0 Å². The van der Waals surface area contributed by atoms with Crippen LogP contribution in [-0.4, -0.2) is 26.7 Å². The van der Waals surface area contributed by atoms with Gasteiger partial charge in [-0.3, -0.25) is 0 Å². The summed E-state index contributed by atoms with van der Waals surface area (Å²) >= 11 is 1.74. The minimum atomic E-state index is 0.910. The van der Waals surface area contributed by atoms with Gasteiger partial charge in [0.15, 0.2) is 0 Å². The first-order chi connectivity index (χ1) is 7.38. The van der Waals surface area contributed by atoms with Crippen molar-refractivity contribution in [3.05, 3.63) is 16.3 Å². The van der Waals surface area contributed by atoms with Crippen LogP contribution in [0.25, 0.3) is 0 Å². The maximum Gasteiger partial charge on any atom is 0.134 e. The van der Waals surface area contributed by atoms with Crippen LogP contribution in [0.15, 0.2) is 11.4 Å². The van der Waals surface area contributed by atoms with Gasteiger partial charge in [0, 0.05) is 6.54 Å². The monoisotopic (exact) mass is 228 g/mol. The molecule has 0 fully saturated rings. The van der Waals surface area contributed by atoms with Gasteiger partial charge < -0.3 is 15.4 Å². The van der Waals surface area contributed by atoms with Crippen molar-refractivity contribution in [3.63, 3.8) is 0 Å². The third-order valence-electron chi connectivity index (χ3n) is 2.17. The molecule has 86 valence electrons. The molecule has 3 nitrogen and oxygen atoms in total. The third-order valence-corrected chi connectivity index (χ3v) is 3.07. The van der Waals surface area contributed by atoms with Gasteiger partial charge in [-0.25, -0.2) is 0 Å². The summed E-state index contributed by atoms with van der Waals surface area (Å²) in [7, 11) is 1.72. The highest BCUT2D eigenvalue weighted by atomic mass is 32.1. The van der Waals surface area contributed by atoms with Crippen LogP contribution in [0.1, 0.15) is 18.2 Å². The molecule has 15 heavy (non-hydrogen) atoms. The van der Waals surface area contributed by atoms with E-state index in [1.165, 1.54) is 11.3 Å². The molecule has 1 aromatic heterocycles. The highest BCUT2D eigenvalue weighted by molar-refractivity contribution is 7.10. The SMILES string of the molecule is CCNCCCNCc1sccc1OC. The van der Waals surface area contributed by atoms with E-state index in [2.05, 4.69) is 22.9 Å². The Morgan fingerprint density at radius 3 is 2.87 bits per heavy atom. The van der Waals surface area contributed by atoms with Crippen LogP contribution in [0, 0.1) is 0 Å². The smallest absolute Gasteiger partial charge is 0.134 e. The van der Waals surface area contributed by atoms with E-state index in [1.807, 2.05) is 6.07 Å². The largest absolute Gasteiger partial charge is 0.496 e. The summed E-state index contributed by atoms with van der Waals surface area (Å²) in [4.78, 5) is 1.28. The second-order valence-electron chi connectivity index (χ2n) is 3.30. The van der Waals surface area contributed by atoms with Crippen LogP contribution in [-0.2, 0) is 6.54 Å². The van der Waals surface area contributed by atoms with Gasteiger partial charge >= 0.3 is 0 Å². The Bertz CT molecular complexity index is 263. The summed E-state index contributed by atoms with van der Waals surface area (Å²) in [5.41, 5.74) is 0. The van der Waals surface area contributed by atoms with Gasteiger partial charge in [0.25, 0.3) is 0 Å². The summed E-state index contributed by atoms with van der Waals surface area (Å²) < 4.78 is 5.24. The Balaban J connectivity index is 2.09. The van der Waals surface area contributed by atoms with Crippen LogP contribution in [0.2, 0.25) is 0 Å². The zero-order chi connectivity index (χ0) is 10.9. The van der Waals surface area contributed by atoms with Gasteiger partial charge in [-0.1, -0.05) is 6.92 Å². The van der Waals surface area contributed by atoms with Gasteiger partial charge in [-0.05, 0) is 37.5 Å². The molecule has 0 aliphatic carbocycles. The average Bonchev–Trinajstić information content (AvgIpc) is 2.70. The Morgan fingerprint density at radius 1 is 1.33 bits per heavy atom. The van der Waals surface area contributed by atoms with Crippen LogP contribution in [0.3, 0.4) is 0 Å². The maximum atomic E-state index is 5.24. The molecule has 0 aromatic carbocycles. The Kier molecular flexibility index (Phi) is 6.39. The maximum absolute atomic E-state index is 5.24. The minimum Gasteiger partial charge on any atom is -0.496 e.